The number of rotatable bonds is 11. The summed E-state index contributed by atoms with van der Waals surface area (Å²) in [7, 11) is 0. The van der Waals surface area contributed by atoms with E-state index in [-0.39, 0.29) is 5.91 Å². The Morgan fingerprint density at radius 1 is 0.929 bits per heavy atom. The third-order valence-electron chi connectivity index (χ3n) is 3.97. The Labute approximate surface area is 172 Å². The molecule has 0 radical (unpaired) electrons. The Morgan fingerprint density at radius 3 is 2.39 bits per heavy atom. The molecule has 0 aromatic heterocycles. The minimum absolute atomic E-state index is 0.0564. The zero-order valence-electron chi connectivity index (χ0n) is 16.3. The van der Waals surface area contributed by atoms with Gasteiger partial charge in [0.1, 0.15) is 24.7 Å². The monoisotopic (exact) mass is 400 g/mol. The van der Waals surface area contributed by atoms with Crippen molar-refractivity contribution in [2.24, 2.45) is 0 Å². The molecule has 2 rings (SSSR count). The molecule has 0 spiro atoms. The molecule has 0 unspecified atom stereocenters. The van der Waals surface area contributed by atoms with Gasteiger partial charge in [0.25, 0.3) is 0 Å². The van der Waals surface area contributed by atoms with Gasteiger partial charge in [0, 0.05) is 18.2 Å². The van der Waals surface area contributed by atoms with Crippen LogP contribution in [0, 0.1) is 0 Å². The first-order valence-corrected chi connectivity index (χ1v) is 10.1. The second-order valence-electron chi connectivity index (χ2n) is 6.35. The van der Waals surface area contributed by atoms with Crippen LogP contribution in [0.3, 0.4) is 0 Å². The number of thiocarbonyl (C=S) groups is 1. The van der Waals surface area contributed by atoms with Gasteiger partial charge in [-0.3, -0.25) is 4.79 Å². The summed E-state index contributed by atoms with van der Waals surface area (Å²) in [6, 6.07) is 17.0. The number of hydrogen-bond donors (Lipinski definition) is 2. The van der Waals surface area contributed by atoms with E-state index in [1.807, 2.05) is 54.6 Å². The summed E-state index contributed by atoms with van der Waals surface area (Å²) in [5.41, 5.74) is 0.762. The van der Waals surface area contributed by atoms with Crippen molar-refractivity contribution >= 4 is 28.9 Å². The summed E-state index contributed by atoms with van der Waals surface area (Å²) < 4.78 is 11.3. The second kappa shape index (κ2) is 12.7. The maximum atomic E-state index is 11.9. The highest BCUT2D eigenvalue weighted by Crippen LogP contribution is 2.17. The van der Waals surface area contributed by atoms with E-state index >= 15 is 0 Å². The van der Waals surface area contributed by atoms with E-state index in [1.54, 1.807) is 0 Å². The predicted molar refractivity (Wildman–Crippen MR) is 117 cm³/mol. The average Bonchev–Trinajstić information content (AvgIpc) is 2.69. The summed E-state index contributed by atoms with van der Waals surface area (Å²) in [6.07, 6.45) is 4.75. The Morgan fingerprint density at radius 2 is 1.64 bits per heavy atom. The molecule has 6 heteroatoms. The number of para-hydroxylation sites is 1. The van der Waals surface area contributed by atoms with Crippen LogP contribution in [-0.4, -0.2) is 24.2 Å². The summed E-state index contributed by atoms with van der Waals surface area (Å²) in [5, 5.41) is 6.03. The molecular weight excluding hydrogens is 372 g/mol. The average molecular weight is 401 g/mol. The molecule has 0 saturated carbocycles. The Bertz CT molecular complexity index is 738. The quantitative estimate of drug-likeness (QED) is 0.414. The fourth-order valence-electron chi connectivity index (χ4n) is 2.56. The third kappa shape index (κ3) is 8.86. The minimum Gasteiger partial charge on any atom is -0.490 e. The molecule has 0 bridgehead atoms. The van der Waals surface area contributed by atoms with Gasteiger partial charge in [-0.05, 0) is 42.9 Å². The highest BCUT2D eigenvalue weighted by molar-refractivity contribution is 7.80. The highest BCUT2D eigenvalue weighted by Gasteiger charge is 2.05. The molecule has 0 aliphatic carbocycles. The Kier molecular flexibility index (Phi) is 9.86. The van der Waals surface area contributed by atoms with Crippen molar-refractivity contribution in [1.29, 1.82) is 0 Å². The van der Waals surface area contributed by atoms with E-state index in [0.29, 0.717) is 30.5 Å². The number of carbonyl (C=O) groups is 1. The second-order valence-corrected chi connectivity index (χ2v) is 6.76. The fourth-order valence-corrected chi connectivity index (χ4v) is 2.79. The third-order valence-corrected chi connectivity index (χ3v) is 4.17. The van der Waals surface area contributed by atoms with Crippen LogP contribution >= 0.6 is 12.2 Å². The van der Waals surface area contributed by atoms with Gasteiger partial charge in [0.2, 0.25) is 5.91 Å². The molecule has 0 aliphatic rings. The standard InChI is InChI=1S/C22H28N2O3S/c1-2-3-4-8-14-21(25)24-22(28)23-18-10-9-13-20(17-18)27-16-15-26-19-11-6-5-7-12-19/h5-7,9-13,17H,2-4,8,14-16H2,1H3,(H2,23,24,25,28). The first-order valence-electron chi connectivity index (χ1n) is 9.69. The van der Waals surface area contributed by atoms with Crippen LogP contribution in [0.4, 0.5) is 5.69 Å². The number of amides is 1. The molecule has 0 fully saturated rings. The van der Waals surface area contributed by atoms with Crippen molar-refractivity contribution in [2.75, 3.05) is 18.5 Å². The highest BCUT2D eigenvalue weighted by atomic mass is 32.1. The molecule has 0 saturated heterocycles. The molecule has 0 heterocycles. The van der Waals surface area contributed by atoms with Crippen molar-refractivity contribution < 1.29 is 14.3 Å². The molecule has 0 aliphatic heterocycles. The lowest BCUT2D eigenvalue weighted by atomic mass is 10.1. The number of hydrogen-bond acceptors (Lipinski definition) is 4. The van der Waals surface area contributed by atoms with Crippen molar-refractivity contribution in [3.05, 3.63) is 54.6 Å². The van der Waals surface area contributed by atoms with E-state index in [0.717, 1.165) is 37.1 Å². The number of anilines is 1. The number of unbranched alkanes of at least 4 members (excludes halogenated alkanes) is 3. The van der Waals surface area contributed by atoms with Gasteiger partial charge in [0.15, 0.2) is 5.11 Å². The van der Waals surface area contributed by atoms with Gasteiger partial charge in [-0.25, -0.2) is 0 Å². The summed E-state index contributed by atoms with van der Waals surface area (Å²) >= 11 is 5.21. The predicted octanol–water partition coefficient (Wildman–Crippen LogP) is 4.93. The van der Waals surface area contributed by atoms with E-state index < -0.39 is 0 Å². The van der Waals surface area contributed by atoms with Crippen LogP contribution in [0.2, 0.25) is 0 Å². The smallest absolute Gasteiger partial charge is 0.226 e. The lowest BCUT2D eigenvalue weighted by Crippen LogP contribution is -2.33. The van der Waals surface area contributed by atoms with E-state index in [2.05, 4.69) is 17.6 Å². The molecule has 28 heavy (non-hydrogen) atoms. The van der Waals surface area contributed by atoms with Crippen LogP contribution in [0.1, 0.15) is 39.0 Å². The summed E-state index contributed by atoms with van der Waals surface area (Å²) in [6.45, 7) is 3.03. The van der Waals surface area contributed by atoms with E-state index in [1.165, 1.54) is 0 Å². The van der Waals surface area contributed by atoms with Crippen molar-refractivity contribution in [2.45, 2.75) is 39.0 Å². The number of benzene rings is 2. The van der Waals surface area contributed by atoms with Crippen molar-refractivity contribution in [3.63, 3.8) is 0 Å². The first-order chi connectivity index (χ1) is 13.7. The molecule has 5 nitrogen and oxygen atoms in total. The van der Waals surface area contributed by atoms with Crippen LogP contribution < -0.4 is 20.1 Å². The zero-order valence-corrected chi connectivity index (χ0v) is 17.1. The molecule has 0 atom stereocenters. The van der Waals surface area contributed by atoms with Crippen molar-refractivity contribution in [3.8, 4) is 11.5 Å². The fraction of sp³-hybridized carbons (Fsp3) is 0.364. The van der Waals surface area contributed by atoms with Gasteiger partial charge in [-0.2, -0.15) is 0 Å². The molecule has 1 amide bonds. The largest absolute Gasteiger partial charge is 0.490 e. The topological polar surface area (TPSA) is 59.6 Å². The van der Waals surface area contributed by atoms with Crippen LogP contribution in [0.25, 0.3) is 0 Å². The number of carbonyl (C=O) groups excluding carboxylic acids is 1. The maximum Gasteiger partial charge on any atom is 0.226 e. The summed E-state index contributed by atoms with van der Waals surface area (Å²) in [4.78, 5) is 11.9. The molecular formula is C22H28N2O3S. The SMILES string of the molecule is CCCCCCC(=O)NC(=S)Nc1cccc(OCCOc2ccccc2)c1. The maximum absolute atomic E-state index is 11.9. The van der Waals surface area contributed by atoms with Gasteiger partial charge < -0.3 is 20.1 Å². The lowest BCUT2D eigenvalue weighted by molar-refractivity contribution is -0.119. The van der Waals surface area contributed by atoms with Crippen molar-refractivity contribution in [1.82, 2.24) is 5.32 Å². The number of nitrogens with one attached hydrogen (secondary N) is 2. The number of ether oxygens (including phenoxy) is 2. The minimum atomic E-state index is -0.0564. The first kappa shape index (κ1) is 21.7. The zero-order chi connectivity index (χ0) is 20.0. The van der Waals surface area contributed by atoms with Crippen LogP contribution in [0.5, 0.6) is 11.5 Å². The molecule has 2 N–H and O–H groups in total. The van der Waals surface area contributed by atoms with Crippen LogP contribution in [-0.2, 0) is 4.79 Å². The normalized spacial score (nSPS) is 10.2. The van der Waals surface area contributed by atoms with Gasteiger partial charge in [-0.1, -0.05) is 50.5 Å². The Balaban J connectivity index is 1.70. The van der Waals surface area contributed by atoms with Crippen LogP contribution in [0.15, 0.2) is 54.6 Å². The van der Waals surface area contributed by atoms with Gasteiger partial charge >= 0.3 is 0 Å². The van der Waals surface area contributed by atoms with E-state index in [4.69, 9.17) is 21.7 Å². The lowest BCUT2D eigenvalue weighted by Gasteiger charge is -2.12. The molecule has 2 aromatic carbocycles. The van der Waals surface area contributed by atoms with Gasteiger partial charge in [-0.15, -0.1) is 0 Å². The van der Waals surface area contributed by atoms with Gasteiger partial charge in [0.05, 0.1) is 0 Å². The Hall–Kier alpha value is -2.60. The van der Waals surface area contributed by atoms with E-state index in [9.17, 15) is 4.79 Å². The summed E-state index contributed by atoms with van der Waals surface area (Å²) in [5.74, 6) is 1.46. The molecule has 2 aromatic rings. The molecule has 150 valence electrons.